The Balaban J connectivity index is 1.76. The Hall–Kier alpha value is -3.51. The van der Waals surface area contributed by atoms with Crippen molar-refractivity contribution < 1.29 is 29.7 Å². The lowest BCUT2D eigenvalue weighted by Crippen LogP contribution is -2.70. The number of carbonyl (C=O) groups excluding carboxylic acids is 3. The number of aliphatic hydroxyl groups excluding tert-OH is 1. The van der Waals surface area contributed by atoms with Crippen LogP contribution in [0.5, 0.6) is 5.75 Å². The number of rotatable bonds is 3. The Labute approximate surface area is 248 Å². The summed E-state index contributed by atoms with van der Waals surface area (Å²) in [6, 6.07) is 11.5. The van der Waals surface area contributed by atoms with Crippen molar-refractivity contribution in [2.75, 3.05) is 0 Å². The van der Waals surface area contributed by atoms with Crippen LogP contribution in [0.3, 0.4) is 0 Å². The van der Waals surface area contributed by atoms with Crippen molar-refractivity contribution in [1.82, 2.24) is 0 Å². The Morgan fingerprint density at radius 2 is 1.57 bits per heavy atom. The summed E-state index contributed by atoms with van der Waals surface area (Å²) >= 11 is 0. The molecule has 0 amide bonds. The first-order valence-corrected chi connectivity index (χ1v) is 14.7. The van der Waals surface area contributed by atoms with E-state index in [1.54, 1.807) is 13.8 Å². The highest BCUT2D eigenvalue weighted by molar-refractivity contribution is 6.33. The van der Waals surface area contributed by atoms with Crippen LogP contribution in [0.4, 0.5) is 0 Å². The smallest absolute Gasteiger partial charge is 0.206 e. The third-order valence-corrected chi connectivity index (χ3v) is 10.3. The summed E-state index contributed by atoms with van der Waals surface area (Å²) in [5.74, 6) is -3.41. The third-order valence-electron chi connectivity index (χ3n) is 10.3. The minimum absolute atomic E-state index is 0.0236. The molecule has 222 valence electrons. The van der Waals surface area contributed by atoms with Gasteiger partial charge in [-0.2, -0.15) is 0 Å². The summed E-state index contributed by atoms with van der Waals surface area (Å²) in [5.41, 5.74) is -0.563. The molecule has 3 aliphatic carbocycles. The van der Waals surface area contributed by atoms with Gasteiger partial charge in [0.05, 0.1) is 11.1 Å². The molecule has 4 atom stereocenters. The SMILES string of the molecule is CC(=O)C1=C(C)[C@@H](C(C)C)[C@]2(C)C[C@]3(C)Cc4c(-c5ccc(C(C)(C)C)cc5)ccc(O)c4C(O)=C3C(=O)[C@]2(O)C1=O. The van der Waals surface area contributed by atoms with Crippen molar-refractivity contribution in [3.8, 4) is 16.9 Å². The second-order valence-electron chi connectivity index (χ2n) is 14.6. The minimum Gasteiger partial charge on any atom is -0.507 e. The summed E-state index contributed by atoms with van der Waals surface area (Å²) in [6.07, 6.45) is 0.529. The minimum atomic E-state index is -2.53. The van der Waals surface area contributed by atoms with Crippen molar-refractivity contribution in [3.63, 3.8) is 0 Å². The average molecular weight is 571 g/mol. The fourth-order valence-corrected chi connectivity index (χ4v) is 8.67. The van der Waals surface area contributed by atoms with Gasteiger partial charge in [-0.15, -0.1) is 0 Å². The molecular weight excluding hydrogens is 528 g/mol. The number of phenols is 1. The molecule has 3 N–H and O–H groups in total. The van der Waals surface area contributed by atoms with Gasteiger partial charge < -0.3 is 15.3 Å². The molecule has 1 fully saturated rings. The molecular formula is C36H42O6. The fraction of sp³-hybridized carbons (Fsp3) is 0.472. The molecule has 0 aromatic heterocycles. The Bertz CT molecular complexity index is 1620. The molecule has 3 aliphatic rings. The summed E-state index contributed by atoms with van der Waals surface area (Å²) in [7, 11) is 0. The number of aliphatic hydroxyl groups is 2. The maximum absolute atomic E-state index is 14.5. The highest BCUT2D eigenvalue weighted by Crippen LogP contribution is 2.65. The standard InChI is InChI=1S/C36H42O6/c1-18(2)28-19(3)26(20(4)37)31(40)36(42)32(41)29-30(39)27-24(16-34(29,8)17-35(28,36)9)23(14-15-25(27)38)21-10-12-22(13-11-21)33(5,6)7/h10-15,18,28,38-39,42H,16-17H2,1-9H3/t28-,34+,35+,36-/m1/s1. The van der Waals surface area contributed by atoms with E-state index in [1.807, 2.05) is 39.0 Å². The Morgan fingerprint density at radius 1 is 0.976 bits per heavy atom. The molecule has 1 saturated carbocycles. The van der Waals surface area contributed by atoms with E-state index in [2.05, 4.69) is 32.9 Å². The van der Waals surface area contributed by atoms with Crippen molar-refractivity contribution in [3.05, 3.63) is 69.8 Å². The van der Waals surface area contributed by atoms with E-state index in [-0.39, 0.29) is 40.2 Å². The van der Waals surface area contributed by atoms with Gasteiger partial charge in [-0.25, -0.2) is 0 Å². The largest absolute Gasteiger partial charge is 0.507 e. The lowest BCUT2D eigenvalue weighted by atomic mass is 9.42. The molecule has 42 heavy (non-hydrogen) atoms. The zero-order valence-electron chi connectivity index (χ0n) is 26.1. The van der Waals surface area contributed by atoms with Crippen molar-refractivity contribution in [2.24, 2.45) is 22.7 Å². The van der Waals surface area contributed by atoms with Crippen LogP contribution in [0, 0.1) is 22.7 Å². The molecule has 0 bridgehead atoms. The maximum atomic E-state index is 14.5. The van der Waals surface area contributed by atoms with Crippen LogP contribution in [0.25, 0.3) is 16.9 Å². The van der Waals surface area contributed by atoms with E-state index < -0.39 is 45.5 Å². The number of benzene rings is 2. The van der Waals surface area contributed by atoms with E-state index in [9.17, 15) is 29.7 Å². The number of hydrogen-bond donors (Lipinski definition) is 3. The van der Waals surface area contributed by atoms with Gasteiger partial charge in [0, 0.05) is 16.4 Å². The highest BCUT2D eigenvalue weighted by Gasteiger charge is 2.72. The van der Waals surface area contributed by atoms with Crippen molar-refractivity contribution in [2.45, 2.75) is 86.2 Å². The number of fused-ring (bicyclic) bond motifs is 3. The molecule has 0 spiro atoms. The Morgan fingerprint density at radius 3 is 2.10 bits per heavy atom. The molecule has 6 nitrogen and oxygen atoms in total. The van der Waals surface area contributed by atoms with E-state index in [1.165, 1.54) is 18.6 Å². The highest BCUT2D eigenvalue weighted by atomic mass is 16.3. The van der Waals surface area contributed by atoms with Gasteiger partial charge in [0.25, 0.3) is 0 Å². The zero-order valence-corrected chi connectivity index (χ0v) is 26.1. The van der Waals surface area contributed by atoms with E-state index in [0.717, 1.165) is 11.1 Å². The predicted molar refractivity (Wildman–Crippen MR) is 163 cm³/mol. The lowest BCUT2D eigenvalue weighted by Gasteiger charge is -2.60. The number of phenolic OH excluding ortho intramolecular Hbond substituents is 1. The zero-order chi connectivity index (χ0) is 31.3. The number of ketones is 3. The van der Waals surface area contributed by atoms with Gasteiger partial charge in [0.15, 0.2) is 11.4 Å². The third kappa shape index (κ3) is 3.83. The molecule has 0 heterocycles. The summed E-state index contributed by atoms with van der Waals surface area (Å²) < 4.78 is 0. The second-order valence-corrected chi connectivity index (χ2v) is 14.6. The molecule has 0 aliphatic heterocycles. The van der Waals surface area contributed by atoms with Gasteiger partial charge in [-0.1, -0.05) is 84.4 Å². The first-order valence-electron chi connectivity index (χ1n) is 14.7. The van der Waals surface area contributed by atoms with Crippen LogP contribution in [0.2, 0.25) is 0 Å². The topological polar surface area (TPSA) is 112 Å². The molecule has 0 radical (unpaired) electrons. The van der Waals surface area contributed by atoms with E-state index in [0.29, 0.717) is 17.6 Å². The number of allylic oxidation sites excluding steroid dienone is 1. The first kappa shape index (κ1) is 30.0. The van der Waals surface area contributed by atoms with Crippen LogP contribution in [0.1, 0.15) is 85.4 Å². The lowest BCUT2D eigenvalue weighted by molar-refractivity contribution is -0.180. The Kier molecular flexibility index (Phi) is 6.59. The fourth-order valence-electron chi connectivity index (χ4n) is 8.67. The maximum Gasteiger partial charge on any atom is 0.206 e. The molecule has 0 unspecified atom stereocenters. The first-order chi connectivity index (χ1) is 19.3. The van der Waals surface area contributed by atoms with Gasteiger partial charge in [-0.3, -0.25) is 14.4 Å². The summed E-state index contributed by atoms with van der Waals surface area (Å²) in [5, 5.41) is 35.0. The molecule has 5 rings (SSSR count). The van der Waals surface area contributed by atoms with Crippen LogP contribution >= 0.6 is 0 Å². The molecule has 6 heteroatoms. The number of Topliss-reactive ketones (excluding diaryl/α,β-unsaturated/α-hetero) is 3. The van der Waals surface area contributed by atoms with Crippen LogP contribution in [-0.4, -0.2) is 38.3 Å². The van der Waals surface area contributed by atoms with Gasteiger partial charge >= 0.3 is 0 Å². The van der Waals surface area contributed by atoms with Crippen LogP contribution in [-0.2, 0) is 26.2 Å². The quantitative estimate of drug-likeness (QED) is 0.281. The normalized spacial score (nSPS) is 29.5. The van der Waals surface area contributed by atoms with E-state index >= 15 is 0 Å². The van der Waals surface area contributed by atoms with E-state index in [4.69, 9.17) is 0 Å². The number of carbonyl (C=O) groups is 3. The number of aromatic hydroxyl groups is 1. The monoisotopic (exact) mass is 570 g/mol. The molecule has 2 aromatic rings. The van der Waals surface area contributed by atoms with Crippen LogP contribution in [0.15, 0.2) is 53.1 Å². The van der Waals surface area contributed by atoms with Crippen LogP contribution < -0.4 is 0 Å². The van der Waals surface area contributed by atoms with Gasteiger partial charge in [0.1, 0.15) is 11.5 Å². The van der Waals surface area contributed by atoms with Gasteiger partial charge in [-0.05, 0) is 72.3 Å². The average Bonchev–Trinajstić information content (AvgIpc) is 2.85. The summed E-state index contributed by atoms with van der Waals surface area (Å²) in [6.45, 7) is 17.1. The second kappa shape index (κ2) is 9.24. The van der Waals surface area contributed by atoms with Gasteiger partial charge in [0.2, 0.25) is 11.6 Å². The van der Waals surface area contributed by atoms with Crippen molar-refractivity contribution >= 4 is 23.1 Å². The predicted octanol–water partition coefficient (Wildman–Crippen LogP) is 6.66. The number of hydrogen-bond acceptors (Lipinski definition) is 6. The summed E-state index contributed by atoms with van der Waals surface area (Å²) in [4.78, 5) is 41.1. The molecule has 0 saturated heterocycles. The molecule has 2 aromatic carbocycles. The van der Waals surface area contributed by atoms with Crippen molar-refractivity contribution in [1.29, 1.82) is 0 Å².